The number of unbranched alkanes of at least 4 members (excludes halogenated alkanes) is 1. The predicted octanol–water partition coefficient (Wildman–Crippen LogP) is 4.42. The second-order valence-electron chi connectivity index (χ2n) is 6.57. The van der Waals surface area contributed by atoms with E-state index in [-0.39, 0.29) is 18.5 Å². The van der Waals surface area contributed by atoms with Crippen molar-refractivity contribution in [3.05, 3.63) is 59.6 Å². The molecule has 0 N–H and O–H groups in total. The van der Waals surface area contributed by atoms with E-state index in [9.17, 15) is 9.59 Å². The smallest absolute Gasteiger partial charge is 0.313 e. The van der Waals surface area contributed by atoms with Crippen molar-refractivity contribution in [2.24, 2.45) is 0 Å². The lowest BCUT2D eigenvalue weighted by Gasteiger charge is -2.25. The molecule has 27 heavy (non-hydrogen) atoms. The molecule has 0 spiro atoms. The van der Waals surface area contributed by atoms with Crippen molar-refractivity contribution >= 4 is 34.9 Å². The van der Waals surface area contributed by atoms with Crippen molar-refractivity contribution in [2.75, 3.05) is 36.0 Å². The van der Waals surface area contributed by atoms with E-state index in [2.05, 4.69) is 6.92 Å². The maximum absolute atomic E-state index is 12.9. The first-order valence-corrected chi connectivity index (χ1v) is 9.65. The van der Waals surface area contributed by atoms with Crippen LogP contribution in [0.4, 0.5) is 16.2 Å². The third-order valence-electron chi connectivity index (χ3n) is 4.65. The molecular formula is C21H24ClN3O2. The molecule has 142 valence electrons. The number of carbonyl (C=O) groups excluding carboxylic acids is 2. The van der Waals surface area contributed by atoms with Gasteiger partial charge in [-0.25, -0.2) is 4.79 Å². The molecular weight excluding hydrogens is 362 g/mol. The molecule has 0 unspecified atom stereocenters. The van der Waals surface area contributed by atoms with Gasteiger partial charge >= 0.3 is 6.03 Å². The van der Waals surface area contributed by atoms with Crippen LogP contribution in [0.15, 0.2) is 54.6 Å². The molecule has 0 saturated carbocycles. The first kappa shape index (κ1) is 19.2. The van der Waals surface area contributed by atoms with E-state index >= 15 is 0 Å². The van der Waals surface area contributed by atoms with Crippen LogP contribution in [0.2, 0.25) is 5.02 Å². The van der Waals surface area contributed by atoms with E-state index in [1.807, 2.05) is 42.5 Å². The summed E-state index contributed by atoms with van der Waals surface area (Å²) in [6.45, 7) is 3.90. The van der Waals surface area contributed by atoms with Gasteiger partial charge in [0.15, 0.2) is 0 Å². The summed E-state index contributed by atoms with van der Waals surface area (Å²) in [6, 6.07) is 16.7. The topological polar surface area (TPSA) is 43.9 Å². The summed E-state index contributed by atoms with van der Waals surface area (Å²) in [5, 5.41) is 0.588. The Bertz CT molecular complexity index is 797. The number of para-hydroxylation sites is 1. The van der Waals surface area contributed by atoms with Crippen molar-refractivity contribution in [2.45, 2.75) is 19.8 Å². The zero-order chi connectivity index (χ0) is 19.2. The van der Waals surface area contributed by atoms with Gasteiger partial charge in [0.25, 0.3) is 0 Å². The Kier molecular flexibility index (Phi) is 6.35. The number of nitrogens with zero attached hydrogens (tertiary/aromatic N) is 3. The van der Waals surface area contributed by atoms with Gasteiger partial charge in [-0.3, -0.25) is 9.69 Å². The van der Waals surface area contributed by atoms with Crippen LogP contribution in [0.1, 0.15) is 19.8 Å². The molecule has 1 saturated heterocycles. The van der Waals surface area contributed by atoms with E-state index in [4.69, 9.17) is 11.6 Å². The maximum atomic E-state index is 12.9. The van der Waals surface area contributed by atoms with Crippen molar-refractivity contribution in [1.29, 1.82) is 0 Å². The van der Waals surface area contributed by atoms with Gasteiger partial charge in [-0.1, -0.05) is 49.2 Å². The number of carbonyl (C=O) groups is 2. The molecule has 5 nitrogen and oxygen atoms in total. The lowest BCUT2D eigenvalue weighted by Crippen LogP contribution is -2.42. The molecule has 0 aliphatic carbocycles. The van der Waals surface area contributed by atoms with E-state index in [1.165, 1.54) is 0 Å². The zero-order valence-electron chi connectivity index (χ0n) is 15.5. The first-order chi connectivity index (χ1) is 13.1. The number of benzene rings is 2. The van der Waals surface area contributed by atoms with Gasteiger partial charge in [0.05, 0.1) is 0 Å². The molecule has 0 aromatic heterocycles. The molecule has 3 amide bonds. The minimum Gasteiger partial charge on any atom is -0.313 e. The third kappa shape index (κ3) is 4.61. The first-order valence-electron chi connectivity index (χ1n) is 9.27. The molecule has 1 fully saturated rings. The van der Waals surface area contributed by atoms with Gasteiger partial charge in [-0.05, 0) is 36.8 Å². The van der Waals surface area contributed by atoms with Crippen LogP contribution in [0.3, 0.4) is 0 Å². The average Bonchev–Trinajstić information content (AvgIpc) is 3.03. The number of hydrogen-bond donors (Lipinski definition) is 0. The number of amides is 3. The Balaban J connectivity index is 1.70. The van der Waals surface area contributed by atoms with Gasteiger partial charge in [0.1, 0.15) is 6.54 Å². The summed E-state index contributed by atoms with van der Waals surface area (Å²) < 4.78 is 0. The van der Waals surface area contributed by atoms with Crippen LogP contribution in [0.25, 0.3) is 0 Å². The van der Waals surface area contributed by atoms with Gasteiger partial charge < -0.3 is 9.80 Å². The van der Waals surface area contributed by atoms with Crippen LogP contribution in [0.5, 0.6) is 0 Å². The second kappa shape index (κ2) is 8.91. The SMILES string of the molecule is CCCCN(C(=O)CN1CCN(c2cccc(Cl)c2)C1=O)c1ccccc1. The predicted molar refractivity (Wildman–Crippen MR) is 109 cm³/mol. The van der Waals surface area contributed by atoms with Crippen molar-refractivity contribution in [3.63, 3.8) is 0 Å². The molecule has 2 aromatic rings. The summed E-state index contributed by atoms with van der Waals surface area (Å²) in [5.41, 5.74) is 1.63. The Morgan fingerprint density at radius 3 is 2.59 bits per heavy atom. The van der Waals surface area contributed by atoms with Crippen LogP contribution >= 0.6 is 11.6 Å². The van der Waals surface area contributed by atoms with Crippen LogP contribution < -0.4 is 9.80 Å². The molecule has 6 heteroatoms. The Morgan fingerprint density at radius 1 is 1.11 bits per heavy atom. The van der Waals surface area contributed by atoms with E-state index in [1.54, 1.807) is 26.8 Å². The van der Waals surface area contributed by atoms with Gasteiger partial charge in [-0.2, -0.15) is 0 Å². The van der Waals surface area contributed by atoms with Crippen molar-refractivity contribution in [3.8, 4) is 0 Å². The third-order valence-corrected chi connectivity index (χ3v) is 4.88. The Hall–Kier alpha value is -2.53. The summed E-state index contributed by atoms with van der Waals surface area (Å²) in [7, 11) is 0. The highest BCUT2D eigenvalue weighted by Crippen LogP contribution is 2.24. The number of halogens is 1. The number of anilines is 2. The fourth-order valence-corrected chi connectivity index (χ4v) is 3.37. The van der Waals surface area contributed by atoms with Gasteiger partial charge in [0.2, 0.25) is 5.91 Å². The quantitative estimate of drug-likeness (QED) is 0.708. The van der Waals surface area contributed by atoms with Crippen molar-refractivity contribution in [1.82, 2.24) is 4.90 Å². The summed E-state index contributed by atoms with van der Waals surface area (Å²) in [6.07, 6.45) is 1.92. The van der Waals surface area contributed by atoms with E-state index in [0.29, 0.717) is 24.7 Å². The van der Waals surface area contributed by atoms with E-state index < -0.39 is 0 Å². The number of urea groups is 1. The minimum atomic E-state index is -0.158. The van der Waals surface area contributed by atoms with Gasteiger partial charge in [-0.15, -0.1) is 0 Å². The minimum absolute atomic E-state index is 0.0593. The molecule has 3 rings (SSSR count). The summed E-state index contributed by atoms with van der Waals surface area (Å²) in [5.74, 6) is -0.0593. The second-order valence-corrected chi connectivity index (χ2v) is 7.01. The normalized spacial score (nSPS) is 13.9. The molecule has 1 aliphatic rings. The van der Waals surface area contributed by atoms with Gasteiger partial charge in [0, 0.05) is 36.0 Å². The highest BCUT2D eigenvalue weighted by atomic mass is 35.5. The number of rotatable bonds is 7. The number of hydrogen-bond acceptors (Lipinski definition) is 2. The monoisotopic (exact) mass is 385 g/mol. The highest BCUT2D eigenvalue weighted by Gasteiger charge is 2.32. The highest BCUT2D eigenvalue weighted by molar-refractivity contribution is 6.30. The zero-order valence-corrected chi connectivity index (χ0v) is 16.2. The molecule has 0 bridgehead atoms. The molecule has 2 aromatic carbocycles. The lowest BCUT2D eigenvalue weighted by molar-refractivity contribution is -0.119. The fraction of sp³-hybridized carbons (Fsp3) is 0.333. The Labute approximate surface area is 165 Å². The maximum Gasteiger partial charge on any atom is 0.325 e. The van der Waals surface area contributed by atoms with Crippen LogP contribution in [-0.2, 0) is 4.79 Å². The Morgan fingerprint density at radius 2 is 1.89 bits per heavy atom. The largest absolute Gasteiger partial charge is 0.325 e. The molecule has 0 atom stereocenters. The van der Waals surface area contributed by atoms with Crippen LogP contribution in [0, 0.1) is 0 Å². The van der Waals surface area contributed by atoms with Crippen LogP contribution in [-0.4, -0.2) is 43.0 Å². The lowest BCUT2D eigenvalue weighted by atomic mass is 10.2. The van der Waals surface area contributed by atoms with E-state index in [0.717, 1.165) is 24.2 Å². The molecule has 1 heterocycles. The standard InChI is InChI=1S/C21H24ClN3O2/c1-2-3-12-24(18-9-5-4-6-10-18)20(26)16-23-13-14-25(21(23)27)19-11-7-8-17(22)15-19/h4-11,15H,2-3,12-14,16H2,1H3. The summed E-state index contributed by atoms with van der Waals surface area (Å²) in [4.78, 5) is 30.7. The molecule has 1 aliphatic heterocycles. The fourth-order valence-electron chi connectivity index (χ4n) is 3.18. The van der Waals surface area contributed by atoms with Crippen molar-refractivity contribution < 1.29 is 9.59 Å². The summed E-state index contributed by atoms with van der Waals surface area (Å²) >= 11 is 6.04. The average molecular weight is 386 g/mol. The molecule has 0 radical (unpaired) electrons.